The van der Waals surface area contributed by atoms with E-state index in [1.807, 2.05) is 0 Å². The summed E-state index contributed by atoms with van der Waals surface area (Å²) in [5, 5.41) is 42.2. The summed E-state index contributed by atoms with van der Waals surface area (Å²) in [6.07, 6.45) is 0. The van der Waals surface area contributed by atoms with Crippen LogP contribution >= 0.6 is 0 Å². The summed E-state index contributed by atoms with van der Waals surface area (Å²) in [5.74, 6) is -2.53. The summed E-state index contributed by atoms with van der Waals surface area (Å²) in [6.45, 7) is -0.966. The molecular formula is C17H16N4O10. The average molecular weight is 436 g/mol. The number of benzene rings is 2. The number of nitrogens with one attached hydrogen (secondary N) is 2. The Morgan fingerprint density at radius 3 is 2.26 bits per heavy atom. The predicted molar refractivity (Wildman–Crippen MR) is 101 cm³/mol. The molecular weight excluding hydrogens is 420 g/mol. The van der Waals surface area contributed by atoms with Crippen LogP contribution in [0.5, 0.6) is 0 Å². The number of rotatable bonds is 11. The summed E-state index contributed by atoms with van der Waals surface area (Å²) in [5.41, 5.74) is 0.590. The molecule has 0 radical (unpaired) electrons. The Morgan fingerprint density at radius 1 is 1.00 bits per heavy atom. The fourth-order valence-corrected chi connectivity index (χ4v) is 2.66. The highest BCUT2D eigenvalue weighted by Gasteiger charge is 2.26. The maximum absolute atomic E-state index is 12.2. The molecule has 14 heteroatoms. The Balaban J connectivity index is 1.99. The molecule has 0 aromatic heterocycles. The number of aromatic carboxylic acids is 1. The van der Waals surface area contributed by atoms with E-state index in [4.69, 9.17) is 10.1 Å². The molecule has 14 nitrogen and oxygen atoms in total. The van der Waals surface area contributed by atoms with E-state index in [0.29, 0.717) is 5.56 Å². The van der Waals surface area contributed by atoms with E-state index in [9.17, 15) is 34.9 Å². The molecule has 0 atom stereocenters. The van der Waals surface area contributed by atoms with Crippen LogP contribution < -0.4 is 10.8 Å². The molecule has 31 heavy (non-hydrogen) atoms. The first-order chi connectivity index (χ1) is 14.8. The monoisotopic (exact) mass is 436 g/mol. The minimum atomic E-state index is -1.63. The van der Waals surface area contributed by atoms with Gasteiger partial charge in [-0.2, -0.15) is 5.48 Å². The van der Waals surface area contributed by atoms with Crippen molar-refractivity contribution in [3.05, 3.63) is 78.9 Å². The molecule has 0 saturated heterocycles. The van der Waals surface area contributed by atoms with Gasteiger partial charge in [-0.1, -0.05) is 18.2 Å². The largest absolute Gasteiger partial charge is 0.477 e. The summed E-state index contributed by atoms with van der Waals surface area (Å²) >= 11 is 0. The van der Waals surface area contributed by atoms with Crippen molar-refractivity contribution in [1.82, 2.24) is 10.8 Å². The van der Waals surface area contributed by atoms with Crippen molar-refractivity contribution in [3.8, 4) is 0 Å². The number of carbonyl (C=O) groups excluding carboxylic acids is 1. The van der Waals surface area contributed by atoms with Crippen LogP contribution in [-0.2, 0) is 22.9 Å². The van der Waals surface area contributed by atoms with E-state index in [1.165, 1.54) is 24.3 Å². The quantitative estimate of drug-likeness (QED) is 0.131. The zero-order chi connectivity index (χ0) is 23.0. The summed E-state index contributed by atoms with van der Waals surface area (Å²) in [7, 11) is 0. The van der Waals surface area contributed by atoms with Gasteiger partial charge >= 0.3 is 5.97 Å². The number of carboxylic acids is 1. The van der Waals surface area contributed by atoms with E-state index in [0.717, 1.165) is 12.1 Å². The molecule has 2 aromatic rings. The first kappa shape index (κ1) is 23.3. The fourth-order valence-electron chi connectivity index (χ4n) is 2.66. The zero-order valence-electron chi connectivity index (χ0n) is 15.6. The standard InChI is InChI=1S/C17H16N4O10/c22-16(11-4-2-6-14(21(27)28)15(11)17(23)24)18-9-19-30-7-10-3-1-5-13(20(25)26)12(10)8-31-29/h1-6,19,29H,7-9H2,(H,18,22)(H,23,24). The van der Waals surface area contributed by atoms with E-state index in [1.54, 1.807) is 0 Å². The molecule has 0 aliphatic heterocycles. The predicted octanol–water partition coefficient (Wildman–Crippen LogP) is 1.60. The van der Waals surface area contributed by atoms with Gasteiger partial charge in [0.2, 0.25) is 0 Å². The molecule has 0 heterocycles. The lowest BCUT2D eigenvalue weighted by Gasteiger charge is -2.11. The number of carboxylic acid groups (broad SMARTS) is 1. The summed E-state index contributed by atoms with van der Waals surface area (Å²) in [6, 6.07) is 7.41. The minimum Gasteiger partial charge on any atom is -0.477 e. The van der Waals surface area contributed by atoms with Crippen LogP contribution in [0.25, 0.3) is 0 Å². The second-order valence-electron chi connectivity index (χ2n) is 5.82. The third-order valence-electron chi connectivity index (χ3n) is 4.00. The summed E-state index contributed by atoms with van der Waals surface area (Å²) in [4.78, 5) is 53.2. The molecule has 1 amide bonds. The van der Waals surface area contributed by atoms with Crippen molar-refractivity contribution < 1.29 is 39.5 Å². The Morgan fingerprint density at radius 2 is 1.65 bits per heavy atom. The Hall–Kier alpha value is -3.98. The number of nitro benzene ring substituents is 2. The van der Waals surface area contributed by atoms with Crippen molar-refractivity contribution in [1.29, 1.82) is 0 Å². The number of carbonyl (C=O) groups is 2. The van der Waals surface area contributed by atoms with Crippen LogP contribution in [0.4, 0.5) is 11.4 Å². The van der Waals surface area contributed by atoms with Gasteiger partial charge in [0.15, 0.2) is 0 Å². The van der Waals surface area contributed by atoms with Gasteiger partial charge in [0.25, 0.3) is 17.3 Å². The highest BCUT2D eigenvalue weighted by atomic mass is 17.1. The maximum Gasteiger partial charge on any atom is 0.343 e. The molecule has 0 spiro atoms. The van der Waals surface area contributed by atoms with Gasteiger partial charge in [-0.05, 0) is 11.6 Å². The molecule has 164 valence electrons. The van der Waals surface area contributed by atoms with E-state index in [-0.39, 0.29) is 24.5 Å². The van der Waals surface area contributed by atoms with Crippen molar-refractivity contribution in [2.45, 2.75) is 13.2 Å². The smallest absolute Gasteiger partial charge is 0.343 e. The third-order valence-corrected chi connectivity index (χ3v) is 4.00. The first-order valence-corrected chi connectivity index (χ1v) is 8.43. The zero-order valence-corrected chi connectivity index (χ0v) is 15.6. The molecule has 0 unspecified atom stereocenters. The molecule has 0 saturated carbocycles. The second kappa shape index (κ2) is 10.7. The van der Waals surface area contributed by atoms with Crippen molar-refractivity contribution in [2.75, 3.05) is 6.67 Å². The van der Waals surface area contributed by atoms with Crippen molar-refractivity contribution in [3.63, 3.8) is 0 Å². The normalized spacial score (nSPS) is 10.5. The Kier molecular flexibility index (Phi) is 8.04. The Labute approximate surface area is 173 Å². The van der Waals surface area contributed by atoms with Crippen LogP contribution in [0, 0.1) is 20.2 Å². The first-order valence-electron chi connectivity index (χ1n) is 8.43. The van der Waals surface area contributed by atoms with Crippen LogP contribution in [0.15, 0.2) is 36.4 Å². The van der Waals surface area contributed by atoms with Gasteiger partial charge in [0.05, 0.1) is 34.2 Å². The van der Waals surface area contributed by atoms with Gasteiger partial charge in [-0.3, -0.25) is 35.1 Å². The number of amides is 1. The van der Waals surface area contributed by atoms with Gasteiger partial charge in [-0.25, -0.2) is 9.68 Å². The number of hydrogen-bond acceptors (Lipinski definition) is 10. The lowest BCUT2D eigenvalue weighted by atomic mass is 10.0. The highest BCUT2D eigenvalue weighted by molar-refractivity contribution is 6.07. The lowest BCUT2D eigenvalue weighted by molar-refractivity contribution is -0.387. The number of hydrogen-bond donors (Lipinski definition) is 4. The number of nitro groups is 2. The van der Waals surface area contributed by atoms with Gasteiger partial charge in [0.1, 0.15) is 12.2 Å². The van der Waals surface area contributed by atoms with E-state index in [2.05, 4.69) is 15.7 Å². The van der Waals surface area contributed by atoms with E-state index >= 15 is 0 Å². The van der Waals surface area contributed by atoms with Crippen LogP contribution in [-0.4, -0.2) is 38.8 Å². The lowest BCUT2D eigenvalue weighted by Crippen LogP contribution is -2.34. The van der Waals surface area contributed by atoms with Gasteiger partial charge in [0, 0.05) is 12.1 Å². The summed E-state index contributed by atoms with van der Waals surface area (Å²) < 4.78 is 0. The van der Waals surface area contributed by atoms with Crippen LogP contribution in [0.1, 0.15) is 31.8 Å². The maximum atomic E-state index is 12.2. The molecule has 0 aliphatic rings. The fraction of sp³-hybridized carbons (Fsp3) is 0.176. The number of hydroxylamine groups is 1. The molecule has 4 N–H and O–H groups in total. The highest BCUT2D eigenvalue weighted by Crippen LogP contribution is 2.24. The Bertz CT molecular complexity index is 1010. The minimum absolute atomic E-state index is 0.0866. The molecule has 0 fully saturated rings. The SMILES string of the molecule is O=C(NCNOCc1cccc([N+](=O)[O-])c1COO)c1cccc([N+](=O)[O-])c1C(=O)O. The van der Waals surface area contributed by atoms with Crippen molar-refractivity contribution in [2.24, 2.45) is 0 Å². The van der Waals surface area contributed by atoms with E-state index < -0.39 is 45.1 Å². The second-order valence-corrected chi connectivity index (χ2v) is 5.82. The molecule has 0 bridgehead atoms. The third kappa shape index (κ3) is 5.77. The van der Waals surface area contributed by atoms with Gasteiger partial charge in [-0.15, -0.1) is 0 Å². The molecule has 2 aromatic carbocycles. The topological polar surface area (TPSA) is 203 Å². The molecule has 0 aliphatic carbocycles. The number of nitrogens with zero attached hydrogens (tertiary/aromatic N) is 2. The molecule has 2 rings (SSSR count). The van der Waals surface area contributed by atoms with Crippen LogP contribution in [0.3, 0.4) is 0 Å². The average Bonchev–Trinajstić information content (AvgIpc) is 2.73. The van der Waals surface area contributed by atoms with Crippen LogP contribution in [0.2, 0.25) is 0 Å². The van der Waals surface area contributed by atoms with Gasteiger partial charge < -0.3 is 10.4 Å². The van der Waals surface area contributed by atoms with Crippen molar-refractivity contribution >= 4 is 23.3 Å².